The van der Waals surface area contributed by atoms with Gasteiger partial charge in [0, 0.05) is 38.4 Å². The van der Waals surface area contributed by atoms with Crippen LogP contribution < -0.4 is 4.90 Å². The van der Waals surface area contributed by atoms with E-state index >= 15 is 0 Å². The summed E-state index contributed by atoms with van der Waals surface area (Å²) in [6.45, 7) is 4.73. The van der Waals surface area contributed by atoms with Gasteiger partial charge in [-0.3, -0.25) is 4.79 Å². The molecule has 2 aromatic rings. The minimum Gasteiger partial charge on any atom is -0.361 e. The fourth-order valence-corrected chi connectivity index (χ4v) is 2.44. The summed E-state index contributed by atoms with van der Waals surface area (Å²) in [4.78, 5) is 16.3. The Morgan fingerprint density at radius 1 is 1.29 bits per heavy atom. The van der Waals surface area contributed by atoms with Crippen molar-refractivity contribution in [1.82, 2.24) is 20.3 Å². The standard InChI is InChI=1S/C14H17N5O2/c1-11-10-12(17-21-11)14(20)19-7-3-6-18(8-9-19)13-4-2-5-15-16-13/h2,4-5,10H,3,6-9H2,1H3. The molecule has 0 atom stereocenters. The molecule has 0 bridgehead atoms. The Bertz CT molecular complexity index is 613. The molecule has 1 fully saturated rings. The second kappa shape index (κ2) is 5.90. The van der Waals surface area contributed by atoms with Crippen LogP contribution >= 0.6 is 0 Å². The van der Waals surface area contributed by atoms with E-state index in [1.54, 1.807) is 19.2 Å². The lowest BCUT2D eigenvalue weighted by molar-refractivity contribution is 0.0756. The van der Waals surface area contributed by atoms with Gasteiger partial charge < -0.3 is 14.3 Å². The Balaban J connectivity index is 1.67. The van der Waals surface area contributed by atoms with Crippen molar-refractivity contribution < 1.29 is 9.32 Å². The van der Waals surface area contributed by atoms with E-state index in [1.807, 2.05) is 17.0 Å². The lowest BCUT2D eigenvalue weighted by Gasteiger charge is -2.21. The normalized spacial score (nSPS) is 15.9. The Hall–Kier alpha value is -2.44. The number of amides is 1. The number of carbonyl (C=O) groups is 1. The first-order chi connectivity index (χ1) is 10.2. The van der Waals surface area contributed by atoms with Crippen LogP contribution in [0.15, 0.2) is 28.9 Å². The molecule has 0 aliphatic carbocycles. The second-order valence-electron chi connectivity index (χ2n) is 5.04. The molecular weight excluding hydrogens is 270 g/mol. The van der Waals surface area contributed by atoms with Gasteiger partial charge in [0.2, 0.25) is 0 Å². The van der Waals surface area contributed by atoms with Crippen molar-refractivity contribution in [3.05, 3.63) is 35.9 Å². The van der Waals surface area contributed by atoms with Gasteiger partial charge in [0.05, 0.1) is 0 Å². The van der Waals surface area contributed by atoms with Crippen LogP contribution in [0, 0.1) is 6.92 Å². The highest BCUT2D eigenvalue weighted by Gasteiger charge is 2.23. The van der Waals surface area contributed by atoms with Crippen LogP contribution in [0.2, 0.25) is 0 Å². The van der Waals surface area contributed by atoms with Gasteiger partial charge in [-0.05, 0) is 25.5 Å². The molecule has 1 aliphatic heterocycles. The summed E-state index contributed by atoms with van der Waals surface area (Å²) < 4.78 is 4.97. The number of hydrogen-bond donors (Lipinski definition) is 0. The third kappa shape index (κ3) is 3.01. The van der Waals surface area contributed by atoms with Gasteiger partial charge in [0.25, 0.3) is 5.91 Å². The Kier molecular flexibility index (Phi) is 3.81. The molecule has 0 unspecified atom stereocenters. The number of anilines is 1. The topological polar surface area (TPSA) is 75.4 Å². The summed E-state index contributed by atoms with van der Waals surface area (Å²) in [7, 11) is 0. The molecule has 0 spiro atoms. The van der Waals surface area contributed by atoms with Crippen LogP contribution in [-0.4, -0.2) is 52.3 Å². The molecule has 3 heterocycles. The van der Waals surface area contributed by atoms with Gasteiger partial charge in [-0.15, -0.1) is 5.10 Å². The predicted molar refractivity (Wildman–Crippen MR) is 76.0 cm³/mol. The Morgan fingerprint density at radius 3 is 2.90 bits per heavy atom. The van der Waals surface area contributed by atoms with Crippen LogP contribution in [0.1, 0.15) is 22.7 Å². The summed E-state index contributed by atoms with van der Waals surface area (Å²) in [6.07, 6.45) is 2.54. The van der Waals surface area contributed by atoms with Crippen LogP contribution in [-0.2, 0) is 0 Å². The van der Waals surface area contributed by atoms with E-state index in [0.29, 0.717) is 24.5 Å². The molecule has 7 nitrogen and oxygen atoms in total. The molecule has 0 saturated carbocycles. The second-order valence-corrected chi connectivity index (χ2v) is 5.04. The number of rotatable bonds is 2. The summed E-state index contributed by atoms with van der Waals surface area (Å²) in [5.41, 5.74) is 0.375. The minimum atomic E-state index is -0.0761. The molecule has 2 aromatic heterocycles. The number of hydrogen-bond acceptors (Lipinski definition) is 6. The number of carbonyl (C=O) groups excluding carboxylic acids is 1. The van der Waals surface area contributed by atoms with E-state index in [0.717, 1.165) is 25.3 Å². The lowest BCUT2D eigenvalue weighted by Crippen LogP contribution is -2.35. The average Bonchev–Trinajstić information content (AvgIpc) is 2.81. The fourth-order valence-electron chi connectivity index (χ4n) is 2.44. The van der Waals surface area contributed by atoms with Crippen LogP contribution in [0.5, 0.6) is 0 Å². The third-order valence-electron chi connectivity index (χ3n) is 3.51. The zero-order valence-corrected chi connectivity index (χ0v) is 11.9. The van der Waals surface area contributed by atoms with E-state index in [-0.39, 0.29) is 5.91 Å². The van der Waals surface area contributed by atoms with E-state index in [4.69, 9.17) is 4.52 Å². The van der Waals surface area contributed by atoms with Crippen molar-refractivity contribution >= 4 is 11.7 Å². The van der Waals surface area contributed by atoms with Gasteiger partial charge in [-0.25, -0.2) is 0 Å². The quantitative estimate of drug-likeness (QED) is 0.824. The first kappa shape index (κ1) is 13.5. The third-order valence-corrected chi connectivity index (χ3v) is 3.51. The van der Waals surface area contributed by atoms with E-state index in [9.17, 15) is 4.79 Å². The summed E-state index contributed by atoms with van der Waals surface area (Å²) in [5, 5.41) is 11.8. The maximum atomic E-state index is 12.4. The molecule has 0 radical (unpaired) electrons. The highest BCUT2D eigenvalue weighted by Crippen LogP contribution is 2.14. The first-order valence-electron chi connectivity index (χ1n) is 6.99. The summed E-state index contributed by atoms with van der Waals surface area (Å²) in [5.74, 6) is 1.42. The summed E-state index contributed by atoms with van der Waals surface area (Å²) in [6, 6.07) is 5.48. The average molecular weight is 287 g/mol. The minimum absolute atomic E-state index is 0.0761. The molecule has 1 amide bonds. The van der Waals surface area contributed by atoms with E-state index < -0.39 is 0 Å². The van der Waals surface area contributed by atoms with Crippen LogP contribution in [0.4, 0.5) is 5.82 Å². The number of aromatic nitrogens is 3. The van der Waals surface area contributed by atoms with E-state index in [1.165, 1.54) is 0 Å². The van der Waals surface area contributed by atoms with Crippen LogP contribution in [0.3, 0.4) is 0 Å². The Labute approximate surface area is 122 Å². The molecule has 7 heteroatoms. The maximum Gasteiger partial charge on any atom is 0.276 e. The van der Waals surface area contributed by atoms with Gasteiger partial charge in [0.1, 0.15) is 5.76 Å². The molecular formula is C14H17N5O2. The van der Waals surface area contributed by atoms with Gasteiger partial charge in [-0.2, -0.15) is 5.10 Å². The predicted octanol–water partition coefficient (Wildman–Crippen LogP) is 1.13. The fraction of sp³-hybridized carbons (Fsp3) is 0.429. The van der Waals surface area contributed by atoms with E-state index in [2.05, 4.69) is 20.3 Å². The van der Waals surface area contributed by atoms with Crippen molar-refractivity contribution in [3.8, 4) is 0 Å². The molecule has 3 rings (SSSR count). The van der Waals surface area contributed by atoms with Gasteiger partial charge >= 0.3 is 0 Å². The van der Waals surface area contributed by atoms with Gasteiger partial charge in [0.15, 0.2) is 11.5 Å². The first-order valence-corrected chi connectivity index (χ1v) is 6.99. The zero-order chi connectivity index (χ0) is 14.7. The van der Waals surface area contributed by atoms with Crippen molar-refractivity contribution in [1.29, 1.82) is 0 Å². The molecule has 110 valence electrons. The highest BCUT2D eigenvalue weighted by molar-refractivity contribution is 5.92. The summed E-state index contributed by atoms with van der Waals surface area (Å²) >= 11 is 0. The molecule has 1 saturated heterocycles. The van der Waals surface area contributed by atoms with Crippen molar-refractivity contribution in [2.45, 2.75) is 13.3 Å². The molecule has 1 aliphatic rings. The number of nitrogens with zero attached hydrogens (tertiary/aromatic N) is 5. The van der Waals surface area contributed by atoms with Crippen molar-refractivity contribution in [2.75, 3.05) is 31.1 Å². The number of aryl methyl sites for hydroxylation is 1. The zero-order valence-electron chi connectivity index (χ0n) is 11.9. The Morgan fingerprint density at radius 2 is 2.19 bits per heavy atom. The molecule has 21 heavy (non-hydrogen) atoms. The van der Waals surface area contributed by atoms with Crippen LogP contribution in [0.25, 0.3) is 0 Å². The van der Waals surface area contributed by atoms with Crippen molar-refractivity contribution in [3.63, 3.8) is 0 Å². The maximum absolute atomic E-state index is 12.4. The molecule has 0 N–H and O–H groups in total. The smallest absolute Gasteiger partial charge is 0.276 e. The lowest BCUT2D eigenvalue weighted by atomic mass is 10.3. The molecule has 0 aromatic carbocycles. The SMILES string of the molecule is Cc1cc(C(=O)N2CCCN(c3cccnn3)CC2)no1. The van der Waals surface area contributed by atoms with Gasteiger partial charge in [-0.1, -0.05) is 5.16 Å². The largest absolute Gasteiger partial charge is 0.361 e. The highest BCUT2D eigenvalue weighted by atomic mass is 16.5. The monoisotopic (exact) mass is 287 g/mol. The van der Waals surface area contributed by atoms with Crippen molar-refractivity contribution in [2.24, 2.45) is 0 Å².